The molecule has 134 valence electrons. The number of nitrogens with one attached hydrogen (secondary N) is 1. The van der Waals surface area contributed by atoms with E-state index in [4.69, 9.17) is 0 Å². The van der Waals surface area contributed by atoms with Crippen molar-refractivity contribution in [1.29, 1.82) is 0 Å². The van der Waals surface area contributed by atoms with Crippen LogP contribution in [0.4, 0.5) is 4.79 Å². The smallest absolute Gasteiger partial charge is 0.327 e. The van der Waals surface area contributed by atoms with Crippen LogP contribution in [0.15, 0.2) is 42.5 Å². The van der Waals surface area contributed by atoms with Crippen molar-refractivity contribution in [2.75, 3.05) is 13.1 Å². The number of carbonyl (C=O) groups excluding carboxylic acids is 3. The molecule has 26 heavy (non-hydrogen) atoms. The third kappa shape index (κ3) is 3.03. The Balaban J connectivity index is 1.44. The van der Waals surface area contributed by atoms with Crippen molar-refractivity contribution < 1.29 is 14.4 Å². The summed E-state index contributed by atoms with van der Waals surface area (Å²) in [5, 5.41) is 5.10. The molecule has 1 heterocycles. The van der Waals surface area contributed by atoms with Gasteiger partial charge < -0.3 is 10.2 Å². The van der Waals surface area contributed by atoms with Crippen LogP contribution in [0.3, 0.4) is 0 Å². The van der Waals surface area contributed by atoms with Gasteiger partial charge >= 0.3 is 6.03 Å². The molecule has 1 aliphatic heterocycles. The van der Waals surface area contributed by atoms with Gasteiger partial charge in [0.2, 0.25) is 5.91 Å². The van der Waals surface area contributed by atoms with E-state index in [1.54, 1.807) is 4.90 Å². The van der Waals surface area contributed by atoms with Gasteiger partial charge in [-0.25, -0.2) is 4.79 Å². The van der Waals surface area contributed by atoms with Crippen LogP contribution in [0, 0.1) is 0 Å². The molecule has 4 amide bonds. The Morgan fingerprint density at radius 3 is 2.65 bits per heavy atom. The van der Waals surface area contributed by atoms with Crippen molar-refractivity contribution in [3.05, 3.63) is 48.0 Å². The minimum absolute atomic E-state index is 0.0929. The second-order valence-corrected chi connectivity index (χ2v) is 6.98. The van der Waals surface area contributed by atoms with Crippen molar-refractivity contribution in [3.63, 3.8) is 0 Å². The average molecular weight is 351 g/mol. The highest BCUT2D eigenvalue weighted by atomic mass is 16.2. The van der Waals surface area contributed by atoms with E-state index in [0.717, 1.165) is 34.1 Å². The van der Waals surface area contributed by atoms with Crippen molar-refractivity contribution in [3.8, 4) is 0 Å². The molecule has 6 heteroatoms. The lowest BCUT2D eigenvalue weighted by Gasteiger charge is -2.19. The second-order valence-electron chi connectivity index (χ2n) is 6.98. The molecule has 0 spiro atoms. The predicted octanol–water partition coefficient (Wildman–Crippen LogP) is 2.44. The summed E-state index contributed by atoms with van der Waals surface area (Å²) in [6, 6.07) is 13.6. The SMILES string of the molecule is CC(NC(=O)CN1C(=O)CN(C2CC2)C1=O)c1cccc2ccccc12. The van der Waals surface area contributed by atoms with E-state index in [-0.39, 0.29) is 43.0 Å². The summed E-state index contributed by atoms with van der Waals surface area (Å²) in [6.45, 7) is 1.77. The van der Waals surface area contributed by atoms with Gasteiger partial charge in [-0.3, -0.25) is 14.5 Å². The lowest BCUT2D eigenvalue weighted by Crippen LogP contribution is -2.42. The summed E-state index contributed by atoms with van der Waals surface area (Å²) in [5.41, 5.74) is 1.01. The summed E-state index contributed by atoms with van der Waals surface area (Å²) in [4.78, 5) is 39.4. The predicted molar refractivity (Wildman–Crippen MR) is 97.3 cm³/mol. The van der Waals surface area contributed by atoms with Crippen LogP contribution in [0.1, 0.15) is 31.4 Å². The van der Waals surface area contributed by atoms with Crippen LogP contribution >= 0.6 is 0 Å². The molecule has 2 aliphatic rings. The Kier molecular flexibility index (Phi) is 4.11. The van der Waals surface area contributed by atoms with Crippen LogP contribution in [0.5, 0.6) is 0 Å². The first-order chi connectivity index (χ1) is 12.5. The summed E-state index contributed by atoms with van der Waals surface area (Å²) < 4.78 is 0. The Bertz CT molecular complexity index is 886. The number of benzene rings is 2. The number of urea groups is 1. The maximum Gasteiger partial charge on any atom is 0.327 e. The van der Waals surface area contributed by atoms with Gasteiger partial charge in [0.15, 0.2) is 0 Å². The van der Waals surface area contributed by atoms with Gasteiger partial charge in [0.05, 0.1) is 6.04 Å². The molecule has 1 atom stereocenters. The highest BCUT2D eigenvalue weighted by Gasteiger charge is 2.44. The molecule has 1 unspecified atom stereocenters. The van der Waals surface area contributed by atoms with Gasteiger partial charge in [0.25, 0.3) is 5.91 Å². The number of fused-ring (bicyclic) bond motifs is 1. The Labute approximate surface area is 151 Å². The minimum Gasteiger partial charge on any atom is -0.348 e. The number of carbonyl (C=O) groups is 3. The third-order valence-corrected chi connectivity index (χ3v) is 5.04. The molecule has 4 rings (SSSR count). The maximum absolute atomic E-state index is 12.4. The van der Waals surface area contributed by atoms with E-state index < -0.39 is 0 Å². The largest absolute Gasteiger partial charge is 0.348 e. The number of amides is 4. The molecule has 2 aromatic rings. The zero-order valence-corrected chi connectivity index (χ0v) is 14.6. The van der Waals surface area contributed by atoms with E-state index in [0.29, 0.717) is 0 Å². The monoisotopic (exact) mass is 351 g/mol. The van der Waals surface area contributed by atoms with Crippen LogP contribution < -0.4 is 5.32 Å². The van der Waals surface area contributed by atoms with Gasteiger partial charge in [-0.05, 0) is 36.1 Å². The number of hydrogen-bond acceptors (Lipinski definition) is 3. The summed E-state index contributed by atoms with van der Waals surface area (Å²) in [6.07, 6.45) is 1.88. The van der Waals surface area contributed by atoms with Crippen molar-refractivity contribution >= 4 is 28.6 Å². The molecular formula is C20H21N3O3. The second kappa shape index (κ2) is 6.44. The molecule has 2 aromatic carbocycles. The zero-order valence-electron chi connectivity index (χ0n) is 14.6. The highest BCUT2D eigenvalue weighted by molar-refractivity contribution is 6.04. The van der Waals surface area contributed by atoms with E-state index in [9.17, 15) is 14.4 Å². The highest BCUT2D eigenvalue weighted by Crippen LogP contribution is 2.30. The number of nitrogens with zero attached hydrogens (tertiary/aromatic N) is 2. The number of imide groups is 1. The van der Waals surface area contributed by atoms with Crippen molar-refractivity contribution in [1.82, 2.24) is 15.1 Å². The normalized spacial score (nSPS) is 18.5. The molecule has 1 saturated heterocycles. The fourth-order valence-corrected chi connectivity index (χ4v) is 3.52. The van der Waals surface area contributed by atoms with E-state index >= 15 is 0 Å². The van der Waals surface area contributed by atoms with E-state index in [1.807, 2.05) is 49.4 Å². The van der Waals surface area contributed by atoms with Gasteiger partial charge in [0.1, 0.15) is 13.1 Å². The topological polar surface area (TPSA) is 69.7 Å². The molecule has 1 aliphatic carbocycles. The van der Waals surface area contributed by atoms with Gasteiger partial charge in [-0.2, -0.15) is 0 Å². The lowest BCUT2D eigenvalue weighted by atomic mass is 10.00. The van der Waals surface area contributed by atoms with Crippen molar-refractivity contribution in [2.24, 2.45) is 0 Å². The average Bonchev–Trinajstić information content (AvgIpc) is 3.44. The summed E-state index contributed by atoms with van der Waals surface area (Å²) >= 11 is 0. The molecule has 6 nitrogen and oxygen atoms in total. The first-order valence-electron chi connectivity index (χ1n) is 8.92. The van der Waals surface area contributed by atoms with Crippen LogP contribution in [-0.4, -0.2) is 46.8 Å². The minimum atomic E-state index is -0.342. The van der Waals surface area contributed by atoms with Gasteiger partial charge in [-0.1, -0.05) is 42.5 Å². The van der Waals surface area contributed by atoms with Gasteiger partial charge in [0, 0.05) is 6.04 Å². The fraction of sp³-hybridized carbons (Fsp3) is 0.350. The van der Waals surface area contributed by atoms with E-state index in [2.05, 4.69) is 5.32 Å². The van der Waals surface area contributed by atoms with E-state index in [1.165, 1.54) is 0 Å². The van der Waals surface area contributed by atoms with Gasteiger partial charge in [-0.15, -0.1) is 0 Å². The first-order valence-corrected chi connectivity index (χ1v) is 8.92. The molecule has 0 radical (unpaired) electrons. The summed E-state index contributed by atoms with van der Waals surface area (Å²) in [5.74, 6) is -0.625. The molecule has 1 saturated carbocycles. The molecule has 0 bridgehead atoms. The third-order valence-electron chi connectivity index (χ3n) is 5.04. The molecule has 1 N–H and O–H groups in total. The first kappa shape index (κ1) is 16.6. The van der Waals surface area contributed by atoms with Crippen LogP contribution in [0.25, 0.3) is 10.8 Å². The Hall–Kier alpha value is -2.89. The quantitative estimate of drug-likeness (QED) is 0.841. The molecule has 2 fully saturated rings. The lowest BCUT2D eigenvalue weighted by molar-refractivity contribution is -0.131. The zero-order chi connectivity index (χ0) is 18.3. The fourth-order valence-electron chi connectivity index (χ4n) is 3.52. The molecular weight excluding hydrogens is 330 g/mol. The standard InChI is InChI=1S/C20H21N3O3/c1-13(16-8-4-6-14-5-2-3-7-17(14)16)21-18(24)11-23-19(25)12-22(20(23)26)15-9-10-15/h2-8,13,15H,9-12H2,1H3,(H,21,24). The number of rotatable bonds is 5. The summed E-state index contributed by atoms with van der Waals surface area (Å²) in [7, 11) is 0. The van der Waals surface area contributed by atoms with Crippen molar-refractivity contribution in [2.45, 2.75) is 31.8 Å². The Morgan fingerprint density at radius 2 is 1.88 bits per heavy atom. The molecule has 0 aromatic heterocycles. The maximum atomic E-state index is 12.4. The number of hydrogen-bond donors (Lipinski definition) is 1. The Morgan fingerprint density at radius 1 is 1.15 bits per heavy atom. The van der Waals surface area contributed by atoms with Crippen LogP contribution in [0.2, 0.25) is 0 Å². The van der Waals surface area contributed by atoms with Crippen LogP contribution in [-0.2, 0) is 9.59 Å².